The van der Waals surface area contributed by atoms with E-state index in [1.54, 1.807) is 18.4 Å². The van der Waals surface area contributed by atoms with E-state index < -0.39 is 0 Å². The van der Waals surface area contributed by atoms with E-state index in [4.69, 9.17) is 0 Å². The van der Waals surface area contributed by atoms with Crippen LogP contribution in [0.25, 0.3) is 0 Å². The molecule has 0 bridgehead atoms. The van der Waals surface area contributed by atoms with Crippen molar-refractivity contribution in [3.05, 3.63) is 21.9 Å². The van der Waals surface area contributed by atoms with E-state index >= 15 is 0 Å². The van der Waals surface area contributed by atoms with E-state index in [2.05, 4.69) is 19.2 Å². The van der Waals surface area contributed by atoms with Crippen LogP contribution in [0.2, 0.25) is 0 Å². The largest absolute Gasteiger partial charge is 0.354 e. The Balaban J connectivity index is 2.84. The molecule has 0 aliphatic carbocycles. The first-order chi connectivity index (χ1) is 5.65. The molecule has 0 spiro atoms. The molecule has 1 aromatic heterocycles. The van der Waals surface area contributed by atoms with Crippen molar-refractivity contribution < 1.29 is 4.79 Å². The molecular weight excluding hydrogens is 170 g/mol. The second-order valence-corrected chi connectivity index (χ2v) is 4.05. The summed E-state index contributed by atoms with van der Waals surface area (Å²) in [5.74, 6) is 0.514. The summed E-state index contributed by atoms with van der Waals surface area (Å²) in [5, 5.41) is 2.60. The minimum absolute atomic E-state index is 0.00639. The minimum atomic E-state index is 0.00639. The lowest BCUT2D eigenvalue weighted by Gasteiger charge is -1.97. The van der Waals surface area contributed by atoms with Crippen LogP contribution in [0, 0.1) is 0 Å². The van der Waals surface area contributed by atoms with Gasteiger partial charge < -0.3 is 5.32 Å². The maximum atomic E-state index is 11.1. The first kappa shape index (κ1) is 9.26. The average Bonchev–Trinajstić information content (AvgIpc) is 2.51. The highest BCUT2D eigenvalue weighted by Crippen LogP contribution is 2.23. The van der Waals surface area contributed by atoms with Crippen LogP contribution in [0.1, 0.15) is 34.3 Å². The van der Waals surface area contributed by atoms with Crippen molar-refractivity contribution in [2.75, 3.05) is 7.05 Å². The monoisotopic (exact) mass is 183 g/mol. The smallest absolute Gasteiger partial charge is 0.261 e. The summed E-state index contributed by atoms with van der Waals surface area (Å²) in [6.45, 7) is 4.25. The first-order valence-electron chi connectivity index (χ1n) is 3.97. The highest BCUT2D eigenvalue weighted by Gasteiger charge is 2.08. The van der Waals surface area contributed by atoms with Crippen molar-refractivity contribution in [2.24, 2.45) is 0 Å². The molecule has 12 heavy (non-hydrogen) atoms. The Morgan fingerprint density at radius 3 is 2.58 bits per heavy atom. The van der Waals surface area contributed by atoms with Gasteiger partial charge in [0.05, 0.1) is 4.88 Å². The van der Waals surface area contributed by atoms with Crippen molar-refractivity contribution in [2.45, 2.75) is 19.8 Å². The summed E-state index contributed by atoms with van der Waals surface area (Å²) in [6.07, 6.45) is 0. The van der Waals surface area contributed by atoms with Crippen LogP contribution in [-0.4, -0.2) is 13.0 Å². The van der Waals surface area contributed by atoms with Gasteiger partial charge in [-0.1, -0.05) is 13.8 Å². The van der Waals surface area contributed by atoms with E-state index in [-0.39, 0.29) is 5.91 Å². The van der Waals surface area contributed by atoms with Gasteiger partial charge in [0, 0.05) is 11.9 Å². The Morgan fingerprint density at radius 2 is 2.17 bits per heavy atom. The number of amides is 1. The normalized spacial score (nSPS) is 10.3. The van der Waals surface area contributed by atoms with Gasteiger partial charge in [0.25, 0.3) is 5.91 Å². The number of carbonyl (C=O) groups excluding carboxylic acids is 1. The molecule has 0 aromatic carbocycles. The lowest BCUT2D eigenvalue weighted by Crippen LogP contribution is -2.15. The molecule has 1 N–H and O–H groups in total. The molecule has 0 atom stereocenters. The molecule has 0 saturated carbocycles. The number of carbonyl (C=O) groups is 1. The van der Waals surface area contributed by atoms with Gasteiger partial charge in [-0.3, -0.25) is 4.79 Å². The highest BCUT2D eigenvalue weighted by molar-refractivity contribution is 7.14. The Kier molecular flexibility index (Phi) is 2.87. The second-order valence-electron chi connectivity index (χ2n) is 2.94. The topological polar surface area (TPSA) is 29.1 Å². The fraction of sp³-hybridized carbons (Fsp3) is 0.444. The standard InChI is InChI=1S/C9H13NOS/c1-6(2)7-4-5-8(12-7)9(11)10-3/h4-6H,1-3H3,(H,10,11). The molecule has 3 heteroatoms. The van der Waals surface area contributed by atoms with Gasteiger partial charge in [0.1, 0.15) is 0 Å². The molecule has 0 unspecified atom stereocenters. The quantitative estimate of drug-likeness (QED) is 0.748. The van der Waals surface area contributed by atoms with Gasteiger partial charge in [-0.25, -0.2) is 0 Å². The van der Waals surface area contributed by atoms with E-state index in [1.807, 2.05) is 12.1 Å². The summed E-state index contributed by atoms with van der Waals surface area (Å²) in [5.41, 5.74) is 0. The molecule has 1 aromatic rings. The lowest BCUT2D eigenvalue weighted by molar-refractivity contribution is 0.0967. The van der Waals surface area contributed by atoms with E-state index in [1.165, 1.54) is 4.88 Å². The number of hydrogen-bond donors (Lipinski definition) is 1. The molecule has 1 heterocycles. The Bertz CT molecular complexity index is 278. The zero-order valence-corrected chi connectivity index (χ0v) is 8.37. The van der Waals surface area contributed by atoms with E-state index in [9.17, 15) is 4.79 Å². The number of nitrogens with one attached hydrogen (secondary N) is 1. The summed E-state index contributed by atoms with van der Waals surface area (Å²) < 4.78 is 0. The summed E-state index contributed by atoms with van der Waals surface area (Å²) >= 11 is 1.56. The van der Waals surface area contributed by atoms with Crippen LogP contribution in [-0.2, 0) is 0 Å². The fourth-order valence-electron chi connectivity index (χ4n) is 0.908. The van der Waals surface area contributed by atoms with Gasteiger partial charge in [-0.05, 0) is 18.1 Å². The van der Waals surface area contributed by atoms with Crippen LogP contribution in [0.5, 0.6) is 0 Å². The maximum Gasteiger partial charge on any atom is 0.261 e. The van der Waals surface area contributed by atoms with Crippen LogP contribution in [0.15, 0.2) is 12.1 Å². The number of rotatable bonds is 2. The molecule has 2 nitrogen and oxygen atoms in total. The summed E-state index contributed by atoms with van der Waals surface area (Å²) in [7, 11) is 1.65. The molecule has 0 saturated heterocycles. The van der Waals surface area contributed by atoms with Crippen molar-refractivity contribution in [3.8, 4) is 0 Å². The third-order valence-corrected chi connectivity index (χ3v) is 3.03. The fourth-order valence-corrected chi connectivity index (χ4v) is 1.86. The molecule has 0 aliphatic heterocycles. The van der Waals surface area contributed by atoms with Crippen LogP contribution in [0.3, 0.4) is 0 Å². The van der Waals surface area contributed by atoms with Crippen LogP contribution < -0.4 is 5.32 Å². The molecular formula is C9H13NOS. The van der Waals surface area contributed by atoms with Crippen molar-refractivity contribution in [1.29, 1.82) is 0 Å². The molecule has 0 aliphatic rings. The van der Waals surface area contributed by atoms with Gasteiger partial charge in [-0.2, -0.15) is 0 Å². The second kappa shape index (κ2) is 3.72. The predicted molar refractivity (Wildman–Crippen MR) is 51.8 cm³/mol. The third kappa shape index (κ3) is 1.85. The van der Waals surface area contributed by atoms with Gasteiger partial charge in [-0.15, -0.1) is 11.3 Å². The zero-order valence-electron chi connectivity index (χ0n) is 7.55. The molecule has 0 fully saturated rings. The van der Waals surface area contributed by atoms with E-state index in [0.717, 1.165) is 4.88 Å². The predicted octanol–water partition coefficient (Wildman–Crippen LogP) is 2.23. The SMILES string of the molecule is CNC(=O)c1ccc(C(C)C)s1. The molecule has 66 valence electrons. The maximum absolute atomic E-state index is 11.1. The van der Waals surface area contributed by atoms with Gasteiger partial charge >= 0.3 is 0 Å². The molecule has 1 amide bonds. The molecule has 1 rings (SSSR count). The Morgan fingerprint density at radius 1 is 1.50 bits per heavy atom. The van der Waals surface area contributed by atoms with Gasteiger partial charge in [0.15, 0.2) is 0 Å². The number of thiophene rings is 1. The van der Waals surface area contributed by atoms with E-state index in [0.29, 0.717) is 5.92 Å². The molecule has 0 radical (unpaired) electrons. The number of hydrogen-bond acceptors (Lipinski definition) is 2. The van der Waals surface area contributed by atoms with Crippen LogP contribution >= 0.6 is 11.3 Å². The highest BCUT2D eigenvalue weighted by atomic mass is 32.1. The Labute approximate surface area is 76.6 Å². The lowest BCUT2D eigenvalue weighted by atomic mass is 10.2. The average molecular weight is 183 g/mol. The zero-order chi connectivity index (χ0) is 9.14. The first-order valence-corrected chi connectivity index (χ1v) is 4.78. The third-order valence-electron chi connectivity index (χ3n) is 1.65. The summed E-state index contributed by atoms with van der Waals surface area (Å²) in [4.78, 5) is 13.2. The Hall–Kier alpha value is -0.830. The minimum Gasteiger partial charge on any atom is -0.354 e. The summed E-state index contributed by atoms with van der Waals surface area (Å²) in [6, 6.07) is 3.89. The van der Waals surface area contributed by atoms with Crippen molar-refractivity contribution in [3.63, 3.8) is 0 Å². The van der Waals surface area contributed by atoms with Crippen molar-refractivity contribution in [1.82, 2.24) is 5.32 Å². The van der Waals surface area contributed by atoms with Gasteiger partial charge in [0.2, 0.25) is 0 Å². The van der Waals surface area contributed by atoms with Crippen LogP contribution in [0.4, 0.5) is 0 Å². The van der Waals surface area contributed by atoms with Crippen molar-refractivity contribution >= 4 is 17.2 Å².